The third-order valence-corrected chi connectivity index (χ3v) is 5.28. The number of carbonyl (C=O) groups is 1. The maximum atomic E-state index is 12.6. The molecule has 1 atom stereocenters. The first kappa shape index (κ1) is 20.8. The fourth-order valence-electron chi connectivity index (χ4n) is 3.44. The van der Waals surface area contributed by atoms with Crippen LogP contribution in [0.4, 0.5) is 5.69 Å². The predicted molar refractivity (Wildman–Crippen MR) is 110 cm³/mol. The number of nitrogens with zero attached hydrogens (tertiary/aromatic N) is 3. The van der Waals surface area contributed by atoms with Crippen molar-refractivity contribution in [1.29, 1.82) is 0 Å². The van der Waals surface area contributed by atoms with Gasteiger partial charge in [0.05, 0.1) is 18.1 Å². The zero-order valence-electron chi connectivity index (χ0n) is 16.7. The van der Waals surface area contributed by atoms with E-state index in [2.05, 4.69) is 22.2 Å². The summed E-state index contributed by atoms with van der Waals surface area (Å²) >= 11 is 0. The van der Waals surface area contributed by atoms with Crippen LogP contribution in [0.3, 0.4) is 0 Å². The summed E-state index contributed by atoms with van der Waals surface area (Å²) in [5, 5.41) is 13.8. The van der Waals surface area contributed by atoms with Gasteiger partial charge in [-0.15, -0.1) is 0 Å². The monoisotopic (exact) mass is 398 g/mol. The number of nitrogens with one attached hydrogen (secondary N) is 1. The van der Waals surface area contributed by atoms with Gasteiger partial charge in [0.1, 0.15) is 5.75 Å². The molecule has 1 saturated heterocycles. The van der Waals surface area contributed by atoms with Gasteiger partial charge in [0, 0.05) is 50.4 Å². The van der Waals surface area contributed by atoms with E-state index < -0.39 is 4.92 Å². The zero-order valence-corrected chi connectivity index (χ0v) is 16.7. The molecule has 1 amide bonds. The maximum Gasteiger partial charge on any atom is 0.269 e. The third-order valence-electron chi connectivity index (χ3n) is 5.28. The highest BCUT2D eigenvalue weighted by molar-refractivity contribution is 5.94. The minimum absolute atomic E-state index is 0.0323. The van der Waals surface area contributed by atoms with Crippen LogP contribution >= 0.6 is 0 Å². The number of likely N-dealkylation sites (N-methyl/N-ethyl adjacent to an activating group) is 1. The minimum atomic E-state index is -0.477. The van der Waals surface area contributed by atoms with E-state index in [0.717, 1.165) is 37.5 Å². The first-order chi connectivity index (χ1) is 14.0. The van der Waals surface area contributed by atoms with E-state index in [4.69, 9.17) is 4.74 Å². The van der Waals surface area contributed by atoms with Crippen molar-refractivity contribution in [2.75, 3.05) is 46.9 Å². The van der Waals surface area contributed by atoms with Crippen LogP contribution in [0, 0.1) is 10.1 Å². The second-order valence-electron chi connectivity index (χ2n) is 7.14. The zero-order chi connectivity index (χ0) is 20.8. The predicted octanol–water partition coefficient (Wildman–Crippen LogP) is 2.32. The van der Waals surface area contributed by atoms with Crippen molar-refractivity contribution in [3.8, 4) is 5.75 Å². The molecule has 0 bridgehead atoms. The number of methoxy groups -OCH3 is 1. The number of nitro benzene ring substituents is 1. The minimum Gasteiger partial charge on any atom is -0.497 e. The van der Waals surface area contributed by atoms with Crippen LogP contribution in [0.25, 0.3) is 0 Å². The van der Waals surface area contributed by atoms with Crippen molar-refractivity contribution in [1.82, 2.24) is 15.1 Å². The van der Waals surface area contributed by atoms with Crippen LogP contribution in [0.2, 0.25) is 0 Å². The third kappa shape index (κ3) is 5.30. The fraction of sp³-hybridized carbons (Fsp3) is 0.381. The summed E-state index contributed by atoms with van der Waals surface area (Å²) in [6.07, 6.45) is 0. The van der Waals surface area contributed by atoms with Crippen molar-refractivity contribution in [2.24, 2.45) is 0 Å². The number of hydrogen-bond acceptors (Lipinski definition) is 6. The molecule has 2 aromatic rings. The van der Waals surface area contributed by atoms with Gasteiger partial charge in [-0.25, -0.2) is 0 Å². The van der Waals surface area contributed by atoms with Crippen molar-refractivity contribution in [2.45, 2.75) is 6.04 Å². The number of amides is 1. The Kier molecular flexibility index (Phi) is 6.79. The molecule has 3 rings (SSSR count). The van der Waals surface area contributed by atoms with Gasteiger partial charge in [0.25, 0.3) is 11.6 Å². The normalized spacial score (nSPS) is 16.2. The lowest BCUT2D eigenvalue weighted by atomic mass is 10.0. The Labute approximate surface area is 170 Å². The highest BCUT2D eigenvalue weighted by atomic mass is 16.6. The molecular formula is C21H26N4O4. The van der Waals surface area contributed by atoms with Gasteiger partial charge in [-0.1, -0.05) is 12.1 Å². The molecule has 0 unspecified atom stereocenters. The summed E-state index contributed by atoms with van der Waals surface area (Å²) in [4.78, 5) is 27.5. The molecule has 1 N–H and O–H groups in total. The van der Waals surface area contributed by atoms with Gasteiger partial charge in [-0.05, 0) is 36.9 Å². The number of hydrogen-bond donors (Lipinski definition) is 1. The molecule has 2 aromatic carbocycles. The topological polar surface area (TPSA) is 87.9 Å². The van der Waals surface area contributed by atoms with E-state index in [1.807, 2.05) is 24.3 Å². The number of rotatable bonds is 7. The van der Waals surface area contributed by atoms with E-state index >= 15 is 0 Å². The molecule has 0 saturated carbocycles. The number of nitro groups is 1. The van der Waals surface area contributed by atoms with Gasteiger partial charge in [0.15, 0.2) is 0 Å². The summed E-state index contributed by atoms with van der Waals surface area (Å²) in [5.74, 6) is 0.549. The van der Waals surface area contributed by atoms with E-state index in [-0.39, 0.29) is 17.6 Å². The molecule has 1 heterocycles. The number of piperazine rings is 1. The number of carbonyl (C=O) groups excluding carboxylic acids is 1. The van der Waals surface area contributed by atoms with Crippen LogP contribution in [-0.2, 0) is 0 Å². The smallest absolute Gasteiger partial charge is 0.269 e. The summed E-state index contributed by atoms with van der Waals surface area (Å²) in [7, 11) is 3.74. The fourth-order valence-corrected chi connectivity index (χ4v) is 3.44. The Hall–Kier alpha value is -2.97. The van der Waals surface area contributed by atoms with Crippen LogP contribution < -0.4 is 10.1 Å². The van der Waals surface area contributed by atoms with Crippen LogP contribution in [-0.4, -0.2) is 67.5 Å². The van der Waals surface area contributed by atoms with E-state index in [9.17, 15) is 14.9 Å². The van der Waals surface area contributed by atoms with Crippen molar-refractivity contribution in [3.63, 3.8) is 0 Å². The van der Waals surface area contributed by atoms with Crippen molar-refractivity contribution < 1.29 is 14.5 Å². The van der Waals surface area contributed by atoms with Gasteiger partial charge in [0.2, 0.25) is 0 Å². The molecule has 8 nitrogen and oxygen atoms in total. The largest absolute Gasteiger partial charge is 0.497 e. The second kappa shape index (κ2) is 9.49. The molecular weight excluding hydrogens is 372 g/mol. The van der Waals surface area contributed by atoms with Crippen LogP contribution in [0.1, 0.15) is 22.0 Å². The van der Waals surface area contributed by atoms with E-state index in [1.165, 1.54) is 24.3 Å². The SMILES string of the molecule is COc1ccc([C@H](CNC(=O)c2ccc([N+](=O)[O-])cc2)N2CCN(C)CC2)cc1. The quantitative estimate of drug-likeness (QED) is 0.569. The lowest BCUT2D eigenvalue weighted by Crippen LogP contribution is -2.48. The Morgan fingerprint density at radius 3 is 2.28 bits per heavy atom. The highest BCUT2D eigenvalue weighted by Crippen LogP contribution is 2.24. The highest BCUT2D eigenvalue weighted by Gasteiger charge is 2.24. The molecule has 1 aliphatic heterocycles. The molecule has 0 aromatic heterocycles. The van der Waals surface area contributed by atoms with Crippen LogP contribution in [0.5, 0.6) is 5.75 Å². The first-order valence-electron chi connectivity index (χ1n) is 9.57. The Balaban J connectivity index is 1.71. The van der Waals surface area contributed by atoms with Crippen molar-refractivity contribution >= 4 is 11.6 Å². The summed E-state index contributed by atoms with van der Waals surface area (Å²) in [5.41, 5.74) is 1.48. The van der Waals surface area contributed by atoms with E-state index in [0.29, 0.717) is 12.1 Å². The Morgan fingerprint density at radius 2 is 1.72 bits per heavy atom. The second-order valence-corrected chi connectivity index (χ2v) is 7.14. The average molecular weight is 398 g/mol. The first-order valence-corrected chi connectivity index (χ1v) is 9.57. The van der Waals surface area contributed by atoms with Gasteiger partial charge in [-0.3, -0.25) is 19.8 Å². The standard InChI is InChI=1S/C21H26N4O4/c1-23-11-13-24(14-12-23)20(16-5-9-19(29-2)10-6-16)15-22-21(26)17-3-7-18(8-4-17)25(27)28/h3-10,20H,11-15H2,1-2H3,(H,22,26)/t20-/m0/s1. The summed E-state index contributed by atoms with van der Waals surface area (Å²) in [6.45, 7) is 4.24. The number of benzene rings is 2. The molecule has 0 radical (unpaired) electrons. The molecule has 154 valence electrons. The van der Waals surface area contributed by atoms with Gasteiger partial charge < -0.3 is 15.0 Å². The number of non-ortho nitro benzene ring substituents is 1. The molecule has 1 fully saturated rings. The Morgan fingerprint density at radius 1 is 1.10 bits per heavy atom. The average Bonchev–Trinajstić information content (AvgIpc) is 2.75. The molecule has 1 aliphatic rings. The lowest BCUT2D eigenvalue weighted by Gasteiger charge is -2.38. The van der Waals surface area contributed by atoms with E-state index in [1.54, 1.807) is 7.11 Å². The molecule has 0 spiro atoms. The number of ether oxygens (including phenoxy) is 1. The molecule has 29 heavy (non-hydrogen) atoms. The lowest BCUT2D eigenvalue weighted by molar-refractivity contribution is -0.384. The van der Waals surface area contributed by atoms with Crippen LogP contribution in [0.15, 0.2) is 48.5 Å². The van der Waals surface area contributed by atoms with Crippen molar-refractivity contribution in [3.05, 3.63) is 69.8 Å². The molecule has 0 aliphatic carbocycles. The molecule has 8 heteroatoms. The van der Waals surface area contributed by atoms with Gasteiger partial charge >= 0.3 is 0 Å². The summed E-state index contributed by atoms with van der Waals surface area (Å²) < 4.78 is 5.25. The van der Waals surface area contributed by atoms with Gasteiger partial charge in [-0.2, -0.15) is 0 Å². The Bertz CT molecular complexity index is 831. The summed E-state index contributed by atoms with van der Waals surface area (Å²) in [6, 6.07) is 13.6. The maximum absolute atomic E-state index is 12.6.